The fourth-order valence-corrected chi connectivity index (χ4v) is 5.93. The fraction of sp³-hybridized carbons (Fsp3) is 1.00. The third-order valence-corrected chi connectivity index (χ3v) is 8.73. The molecule has 0 atom stereocenters. The van der Waals surface area contributed by atoms with E-state index in [0.29, 0.717) is 0 Å². The molecule has 232 valence electrons. The zero-order valence-corrected chi connectivity index (χ0v) is 29.0. The molecule has 0 bridgehead atoms. The molecule has 0 rings (SSSR count). The van der Waals surface area contributed by atoms with Gasteiger partial charge in [-0.05, 0) is 25.7 Å². The van der Waals surface area contributed by atoms with Crippen LogP contribution in [0.3, 0.4) is 0 Å². The number of nitrogens with zero attached hydrogens (tertiary/aromatic N) is 1. The van der Waals surface area contributed by atoms with Crippen LogP contribution in [0, 0.1) is 0 Å². The molecule has 0 amide bonds. The van der Waals surface area contributed by atoms with Crippen LogP contribution >= 0.6 is 0 Å². The van der Waals surface area contributed by atoms with Crippen molar-refractivity contribution >= 4 is 0 Å². The molecule has 0 unspecified atom stereocenters. The third kappa shape index (κ3) is 34.5. The van der Waals surface area contributed by atoms with E-state index < -0.39 is 0 Å². The lowest BCUT2D eigenvalue weighted by molar-refractivity contribution is -0.890. The molecule has 0 spiro atoms. The van der Waals surface area contributed by atoms with E-state index in [2.05, 4.69) is 27.9 Å². The maximum absolute atomic E-state index is 2.47. The predicted molar refractivity (Wildman–Crippen MR) is 172 cm³/mol. The van der Waals surface area contributed by atoms with Gasteiger partial charge in [0.15, 0.2) is 0 Å². The van der Waals surface area contributed by atoms with Crippen molar-refractivity contribution in [1.29, 1.82) is 0 Å². The van der Waals surface area contributed by atoms with Gasteiger partial charge in [0.25, 0.3) is 0 Å². The second-order valence-corrected chi connectivity index (χ2v) is 13.3. The van der Waals surface area contributed by atoms with Gasteiger partial charge in [0.05, 0.1) is 27.2 Å². The summed E-state index contributed by atoms with van der Waals surface area (Å²) < 4.78 is 1.25. The molecule has 0 saturated carbocycles. The average Bonchev–Trinajstić information content (AvgIpc) is 2.88. The Morgan fingerprint density at radius 1 is 0.263 bits per heavy atom. The molecular formula is C36H76BrN. The number of rotatable bonds is 32. The van der Waals surface area contributed by atoms with E-state index in [4.69, 9.17) is 0 Å². The molecule has 0 aliphatic carbocycles. The molecule has 1 nitrogen and oxygen atoms in total. The van der Waals surface area contributed by atoms with Gasteiger partial charge in [0.2, 0.25) is 0 Å². The van der Waals surface area contributed by atoms with Crippen LogP contribution in [0.4, 0.5) is 0 Å². The zero-order valence-electron chi connectivity index (χ0n) is 27.5. The summed E-state index contributed by atoms with van der Waals surface area (Å²) in [7, 11) is 4.93. The van der Waals surface area contributed by atoms with Crippen LogP contribution in [-0.4, -0.2) is 31.7 Å². The minimum Gasteiger partial charge on any atom is -1.00 e. The molecule has 0 fully saturated rings. The first-order chi connectivity index (χ1) is 18.1. The van der Waals surface area contributed by atoms with Gasteiger partial charge in [0.1, 0.15) is 0 Å². The standard InChI is InChI=1S/C36H76N.BrH/c1-5-7-9-11-13-15-17-19-21-22-24-26-28-30-32-34-36-37(3,4)35-33-31-29-27-25-23-20-18-16-14-12-10-8-6-2;/h5-36H2,1-4H3;1H/q+1;/p-1. The Kier molecular flexibility index (Phi) is 35.9. The van der Waals surface area contributed by atoms with Crippen LogP contribution in [0.5, 0.6) is 0 Å². The molecule has 0 N–H and O–H groups in total. The monoisotopic (exact) mass is 602 g/mol. The summed E-state index contributed by atoms with van der Waals surface area (Å²) in [5, 5.41) is 0. The highest BCUT2D eigenvalue weighted by atomic mass is 79.9. The van der Waals surface area contributed by atoms with Crippen molar-refractivity contribution in [2.24, 2.45) is 0 Å². The maximum atomic E-state index is 2.47. The van der Waals surface area contributed by atoms with E-state index in [1.807, 2.05) is 0 Å². The molecule has 0 saturated heterocycles. The quantitative estimate of drug-likeness (QED) is 0.0531. The first-order valence-corrected chi connectivity index (χ1v) is 17.9. The molecular weight excluding hydrogens is 526 g/mol. The molecule has 0 aromatic rings. The van der Waals surface area contributed by atoms with Gasteiger partial charge in [-0.25, -0.2) is 0 Å². The summed E-state index contributed by atoms with van der Waals surface area (Å²) in [4.78, 5) is 0. The second-order valence-electron chi connectivity index (χ2n) is 13.3. The van der Waals surface area contributed by atoms with E-state index in [0.717, 1.165) is 0 Å². The summed E-state index contributed by atoms with van der Waals surface area (Å²) in [6, 6.07) is 0. The molecule has 0 aliphatic rings. The molecule has 2 heteroatoms. The van der Waals surface area contributed by atoms with Crippen LogP contribution in [0.1, 0.15) is 206 Å². The van der Waals surface area contributed by atoms with Crippen molar-refractivity contribution in [2.45, 2.75) is 206 Å². The van der Waals surface area contributed by atoms with Crippen molar-refractivity contribution in [3.63, 3.8) is 0 Å². The van der Waals surface area contributed by atoms with Crippen molar-refractivity contribution in [3.05, 3.63) is 0 Å². The topological polar surface area (TPSA) is 0 Å². The molecule has 38 heavy (non-hydrogen) atoms. The fourth-order valence-electron chi connectivity index (χ4n) is 5.93. The molecule has 0 heterocycles. The molecule has 0 aliphatic heterocycles. The van der Waals surface area contributed by atoms with E-state index in [-0.39, 0.29) is 17.0 Å². The largest absolute Gasteiger partial charge is 1.00 e. The number of hydrogen-bond acceptors (Lipinski definition) is 0. The smallest absolute Gasteiger partial charge is 0.0782 e. The SMILES string of the molecule is CCCCCCCCCCCCCCCCCC[N+](C)(C)CCCCCCCCCCCCCCCC.[Br-]. The lowest BCUT2D eigenvalue weighted by Crippen LogP contribution is -3.00. The lowest BCUT2D eigenvalue weighted by Gasteiger charge is -2.30. The highest BCUT2D eigenvalue weighted by Crippen LogP contribution is 2.16. The molecule has 0 radical (unpaired) electrons. The first-order valence-electron chi connectivity index (χ1n) is 17.9. The van der Waals surface area contributed by atoms with Gasteiger partial charge < -0.3 is 21.5 Å². The molecule has 0 aromatic carbocycles. The van der Waals surface area contributed by atoms with Gasteiger partial charge in [-0.3, -0.25) is 0 Å². The third-order valence-electron chi connectivity index (χ3n) is 8.73. The Balaban J connectivity index is 0. The van der Waals surface area contributed by atoms with Crippen molar-refractivity contribution in [1.82, 2.24) is 0 Å². The van der Waals surface area contributed by atoms with Gasteiger partial charge >= 0.3 is 0 Å². The number of unbranched alkanes of at least 4 members (excludes halogenated alkanes) is 28. The summed E-state index contributed by atoms with van der Waals surface area (Å²) in [6.07, 6.45) is 43.9. The number of hydrogen-bond donors (Lipinski definition) is 0. The van der Waals surface area contributed by atoms with Crippen LogP contribution in [0.2, 0.25) is 0 Å². The van der Waals surface area contributed by atoms with Crippen LogP contribution in [0.15, 0.2) is 0 Å². The summed E-state index contributed by atoms with van der Waals surface area (Å²) in [5.74, 6) is 0. The summed E-state index contributed by atoms with van der Waals surface area (Å²) in [6.45, 7) is 7.39. The van der Waals surface area contributed by atoms with Crippen molar-refractivity contribution in [2.75, 3.05) is 27.2 Å². The zero-order chi connectivity index (χ0) is 27.1. The Bertz CT molecular complexity index is 408. The van der Waals surface area contributed by atoms with Crippen LogP contribution in [-0.2, 0) is 0 Å². The summed E-state index contributed by atoms with van der Waals surface area (Å²) in [5.41, 5.74) is 0. The van der Waals surface area contributed by atoms with Gasteiger partial charge in [-0.1, -0.05) is 181 Å². The lowest BCUT2D eigenvalue weighted by atomic mass is 10.0. The van der Waals surface area contributed by atoms with Gasteiger partial charge in [-0.2, -0.15) is 0 Å². The Labute approximate surface area is 254 Å². The van der Waals surface area contributed by atoms with E-state index in [1.165, 1.54) is 210 Å². The molecule has 0 aromatic heterocycles. The normalized spacial score (nSPS) is 11.7. The highest BCUT2D eigenvalue weighted by Gasteiger charge is 2.13. The van der Waals surface area contributed by atoms with Gasteiger partial charge in [-0.15, -0.1) is 0 Å². The summed E-state index contributed by atoms with van der Waals surface area (Å²) >= 11 is 0. The Morgan fingerprint density at radius 3 is 0.605 bits per heavy atom. The maximum Gasteiger partial charge on any atom is 0.0782 e. The second kappa shape index (κ2) is 33.6. The average molecular weight is 603 g/mol. The van der Waals surface area contributed by atoms with Crippen LogP contribution in [0.25, 0.3) is 0 Å². The number of halogens is 1. The predicted octanol–water partition coefficient (Wildman–Crippen LogP) is 9.81. The minimum absolute atomic E-state index is 0. The number of quaternary nitrogens is 1. The Morgan fingerprint density at radius 2 is 0.421 bits per heavy atom. The van der Waals surface area contributed by atoms with E-state index in [1.54, 1.807) is 0 Å². The minimum atomic E-state index is 0. The van der Waals surface area contributed by atoms with E-state index >= 15 is 0 Å². The Hall–Kier alpha value is 0.440. The van der Waals surface area contributed by atoms with Gasteiger partial charge in [0, 0.05) is 0 Å². The van der Waals surface area contributed by atoms with E-state index in [9.17, 15) is 0 Å². The van der Waals surface area contributed by atoms with Crippen LogP contribution < -0.4 is 17.0 Å². The first kappa shape index (κ1) is 40.6. The van der Waals surface area contributed by atoms with Crippen molar-refractivity contribution in [3.8, 4) is 0 Å². The van der Waals surface area contributed by atoms with Crippen molar-refractivity contribution < 1.29 is 21.5 Å². The highest BCUT2D eigenvalue weighted by molar-refractivity contribution is 4.52.